The standard InChI is InChI=1S/C29H22O7/c30-21-14-22(31)26-25(15-21)36-29(28(33)27(26)32)20-11-12-23(34-16-18-7-3-1-4-8-18)24(13-20)35-17-19-9-5-2-6-10-19/h1-15,30-31,33H,16-17H2. The van der Waals surface area contributed by atoms with Crippen molar-refractivity contribution >= 4 is 11.0 Å². The van der Waals surface area contributed by atoms with Crippen molar-refractivity contribution in [3.8, 4) is 40.1 Å². The molecule has 0 saturated heterocycles. The molecule has 0 radical (unpaired) electrons. The second kappa shape index (κ2) is 9.76. The van der Waals surface area contributed by atoms with Gasteiger partial charge in [0, 0.05) is 17.7 Å². The van der Waals surface area contributed by atoms with Crippen molar-refractivity contribution in [2.75, 3.05) is 0 Å². The molecule has 7 heteroatoms. The van der Waals surface area contributed by atoms with Crippen molar-refractivity contribution in [2.24, 2.45) is 0 Å². The van der Waals surface area contributed by atoms with Gasteiger partial charge in [-0.25, -0.2) is 0 Å². The number of hydrogen-bond donors (Lipinski definition) is 3. The smallest absolute Gasteiger partial charge is 0.238 e. The topological polar surface area (TPSA) is 109 Å². The van der Waals surface area contributed by atoms with Crippen LogP contribution in [-0.2, 0) is 13.2 Å². The Labute approximate surface area is 206 Å². The van der Waals surface area contributed by atoms with Gasteiger partial charge in [-0.1, -0.05) is 60.7 Å². The first-order chi connectivity index (χ1) is 17.5. The third-order valence-electron chi connectivity index (χ3n) is 5.62. The van der Waals surface area contributed by atoms with Crippen molar-refractivity contribution in [3.05, 3.63) is 112 Å². The molecule has 7 nitrogen and oxygen atoms in total. The van der Waals surface area contributed by atoms with Gasteiger partial charge in [0.2, 0.25) is 11.2 Å². The van der Waals surface area contributed by atoms with E-state index in [2.05, 4.69) is 0 Å². The number of fused-ring (bicyclic) bond motifs is 1. The van der Waals surface area contributed by atoms with E-state index < -0.39 is 16.9 Å². The summed E-state index contributed by atoms with van der Waals surface area (Å²) < 4.78 is 17.8. The molecule has 5 rings (SSSR count). The lowest BCUT2D eigenvalue weighted by atomic mass is 10.1. The summed E-state index contributed by atoms with van der Waals surface area (Å²) in [6.07, 6.45) is 0. The van der Waals surface area contributed by atoms with Crippen molar-refractivity contribution in [1.82, 2.24) is 0 Å². The van der Waals surface area contributed by atoms with Gasteiger partial charge in [0.15, 0.2) is 17.3 Å². The lowest BCUT2D eigenvalue weighted by Crippen LogP contribution is -2.04. The molecule has 0 bridgehead atoms. The molecule has 0 amide bonds. The van der Waals surface area contributed by atoms with E-state index in [4.69, 9.17) is 13.9 Å². The molecular weight excluding hydrogens is 460 g/mol. The van der Waals surface area contributed by atoms with Gasteiger partial charge in [0.05, 0.1) is 0 Å². The summed E-state index contributed by atoms with van der Waals surface area (Å²) in [4.78, 5) is 12.8. The maximum absolute atomic E-state index is 12.8. The summed E-state index contributed by atoms with van der Waals surface area (Å²) in [5, 5.41) is 30.3. The van der Waals surface area contributed by atoms with Crippen molar-refractivity contribution in [3.63, 3.8) is 0 Å². The van der Waals surface area contributed by atoms with Crippen LogP contribution < -0.4 is 14.9 Å². The third-order valence-corrected chi connectivity index (χ3v) is 5.62. The maximum atomic E-state index is 12.8. The molecule has 0 saturated carbocycles. The molecule has 0 fully saturated rings. The summed E-state index contributed by atoms with van der Waals surface area (Å²) in [6, 6.07) is 26.4. The summed E-state index contributed by atoms with van der Waals surface area (Å²) in [5.74, 6) is -0.717. The maximum Gasteiger partial charge on any atom is 0.238 e. The van der Waals surface area contributed by atoms with E-state index in [1.54, 1.807) is 18.2 Å². The van der Waals surface area contributed by atoms with Crippen LogP contribution in [0.1, 0.15) is 11.1 Å². The Morgan fingerprint density at radius 1 is 0.694 bits per heavy atom. The fraction of sp³-hybridized carbons (Fsp3) is 0.0690. The number of phenols is 2. The zero-order valence-corrected chi connectivity index (χ0v) is 19.0. The normalized spacial score (nSPS) is 10.9. The molecule has 3 N–H and O–H groups in total. The van der Waals surface area contributed by atoms with Crippen LogP contribution in [0.25, 0.3) is 22.3 Å². The molecule has 1 aromatic heterocycles. The highest BCUT2D eigenvalue weighted by Gasteiger charge is 2.20. The van der Waals surface area contributed by atoms with E-state index in [9.17, 15) is 20.1 Å². The molecule has 36 heavy (non-hydrogen) atoms. The Balaban J connectivity index is 1.55. The molecule has 1 heterocycles. The summed E-state index contributed by atoms with van der Waals surface area (Å²) >= 11 is 0. The molecule has 0 aliphatic rings. The van der Waals surface area contributed by atoms with E-state index in [0.29, 0.717) is 23.7 Å². The predicted octanol–water partition coefficient (Wildman–Crippen LogP) is 5.73. The van der Waals surface area contributed by atoms with Gasteiger partial charge in [0.1, 0.15) is 35.7 Å². The number of ether oxygens (including phenoxy) is 2. The van der Waals surface area contributed by atoms with Gasteiger partial charge in [-0.2, -0.15) is 0 Å². The van der Waals surface area contributed by atoms with E-state index >= 15 is 0 Å². The van der Waals surface area contributed by atoms with Crippen LogP contribution in [0.3, 0.4) is 0 Å². The Morgan fingerprint density at radius 2 is 1.31 bits per heavy atom. The summed E-state index contributed by atoms with van der Waals surface area (Å²) in [7, 11) is 0. The van der Waals surface area contributed by atoms with Crippen LogP contribution in [0.4, 0.5) is 0 Å². The number of benzene rings is 4. The van der Waals surface area contributed by atoms with Crippen LogP contribution in [0.2, 0.25) is 0 Å². The molecule has 4 aromatic carbocycles. The van der Waals surface area contributed by atoms with E-state index in [1.807, 2.05) is 60.7 Å². The van der Waals surface area contributed by atoms with Crippen molar-refractivity contribution in [1.29, 1.82) is 0 Å². The average molecular weight is 482 g/mol. The SMILES string of the molecule is O=c1c(O)c(-c2ccc(OCc3ccccc3)c(OCc3ccccc3)c2)oc2cc(O)cc(O)c12. The summed E-state index contributed by atoms with van der Waals surface area (Å²) in [6.45, 7) is 0.581. The highest BCUT2D eigenvalue weighted by molar-refractivity contribution is 5.88. The highest BCUT2D eigenvalue weighted by Crippen LogP contribution is 2.39. The lowest BCUT2D eigenvalue weighted by Gasteiger charge is -2.15. The average Bonchev–Trinajstić information content (AvgIpc) is 2.89. The predicted molar refractivity (Wildman–Crippen MR) is 134 cm³/mol. The number of phenolic OH excluding ortho intramolecular Hbond substituents is 2. The third kappa shape index (κ3) is 4.67. The first-order valence-corrected chi connectivity index (χ1v) is 11.2. The summed E-state index contributed by atoms with van der Waals surface area (Å²) in [5.41, 5.74) is 1.39. The van der Waals surface area contributed by atoms with Crippen molar-refractivity contribution in [2.45, 2.75) is 13.2 Å². The van der Waals surface area contributed by atoms with Gasteiger partial charge in [-0.05, 0) is 29.3 Å². The first kappa shape index (κ1) is 22.9. The second-order valence-electron chi connectivity index (χ2n) is 8.16. The molecule has 5 aromatic rings. The molecule has 0 unspecified atom stereocenters. The number of hydrogen-bond acceptors (Lipinski definition) is 7. The Kier molecular flexibility index (Phi) is 6.19. The molecular formula is C29H22O7. The van der Waals surface area contributed by atoms with Crippen LogP contribution in [0.15, 0.2) is 100 Å². The zero-order chi connectivity index (χ0) is 25.1. The van der Waals surface area contributed by atoms with Crippen molar-refractivity contribution < 1.29 is 29.2 Å². The van der Waals surface area contributed by atoms with Gasteiger partial charge in [-0.15, -0.1) is 0 Å². The Morgan fingerprint density at radius 3 is 1.94 bits per heavy atom. The van der Waals surface area contributed by atoms with Crippen LogP contribution in [0.5, 0.6) is 28.7 Å². The molecule has 180 valence electrons. The number of aromatic hydroxyl groups is 3. The monoisotopic (exact) mass is 482 g/mol. The van der Waals surface area contributed by atoms with E-state index in [1.165, 1.54) is 6.07 Å². The van der Waals surface area contributed by atoms with Gasteiger partial charge >= 0.3 is 0 Å². The van der Waals surface area contributed by atoms with Crippen LogP contribution in [-0.4, -0.2) is 15.3 Å². The van der Waals surface area contributed by atoms with Crippen LogP contribution in [0, 0.1) is 0 Å². The van der Waals surface area contributed by atoms with Gasteiger partial charge < -0.3 is 29.2 Å². The van der Waals surface area contributed by atoms with E-state index in [-0.39, 0.29) is 29.1 Å². The fourth-order valence-electron chi connectivity index (χ4n) is 3.82. The zero-order valence-electron chi connectivity index (χ0n) is 19.0. The first-order valence-electron chi connectivity index (χ1n) is 11.2. The minimum absolute atomic E-state index is 0.0681. The molecule has 0 atom stereocenters. The Bertz CT molecular complexity index is 1580. The second-order valence-corrected chi connectivity index (χ2v) is 8.16. The van der Waals surface area contributed by atoms with Crippen LogP contribution >= 0.6 is 0 Å². The van der Waals surface area contributed by atoms with Gasteiger partial charge in [0.25, 0.3) is 0 Å². The minimum atomic E-state index is -0.820. The largest absolute Gasteiger partial charge is 0.508 e. The number of rotatable bonds is 7. The highest BCUT2D eigenvalue weighted by atomic mass is 16.5. The fourth-order valence-corrected chi connectivity index (χ4v) is 3.82. The Hall–Kier alpha value is -4.91. The van der Waals surface area contributed by atoms with Gasteiger partial charge in [-0.3, -0.25) is 4.79 Å². The molecule has 0 spiro atoms. The minimum Gasteiger partial charge on any atom is -0.508 e. The lowest BCUT2D eigenvalue weighted by molar-refractivity contribution is 0.256. The quantitative estimate of drug-likeness (QED) is 0.272. The van der Waals surface area contributed by atoms with E-state index in [0.717, 1.165) is 17.2 Å². The molecule has 0 aliphatic carbocycles. The molecule has 0 aliphatic heterocycles.